The van der Waals surface area contributed by atoms with E-state index in [4.69, 9.17) is 11.6 Å². The molecule has 6 heteroatoms. The molecule has 1 aromatic carbocycles. The Bertz CT molecular complexity index is 841. The second-order valence-corrected chi connectivity index (χ2v) is 5.92. The summed E-state index contributed by atoms with van der Waals surface area (Å²) in [5.74, 6) is 0.106. The zero-order valence-electron chi connectivity index (χ0n) is 10.5. The van der Waals surface area contributed by atoms with Gasteiger partial charge in [-0.15, -0.1) is 22.9 Å². The first kappa shape index (κ1) is 13.3. The van der Waals surface area contributed by atoms with Crippen LogP contribution in [0.1, 0.15) is 18.1 Å². The van der Waals surface area contributed by atoms with Crippen LogP contribution in [0.25, 0.3) is 21.3 Å². The highest BCUT2D eigenvalue weighted by Crippen LogP contribution is 2.31. The third-order valence-corrected chi connectivity index (χ3v) is 4.05. The molecule has 20 heavy (non-hydrogen) atoms. The first-order valence-corrected chi connectivity index (χ1v) is 7.29. The topological polar surface area (TPSA) is 45.8 Å². The van der Waals surface area contributed by atoms with Crippen LogP contribution in [0.15, 0.2) is 34.4 Å². The molecule has 0 fully saturated rings. The number of hydrogen-bond donors (Lipinski definition) is 1. The van der Waals surface area contributed by atoms with Gasteiger partial charge in [-0.1, -0.05) is 12.1 Å². The Kier molecular flexibility index (Phi) is 3.31. The second kappa shape index (κ2) is 5.00. The third kappa shape index (κ3) is 2.23. The number of nitrogens with zero attached hydrogens (tertiary/aromatic N) is 1. The van der Waals surface area contributed by atoms with E-state index < -0.39 is 0 Å². The molecule has 0 saturated carbocycles. The molecule has 1 N–H and O–H groups in total. The van der Waals surface area contributed by atoms with Crippen LogP contribution >= 0.6 is 22.9 Å². The van der Waals surface area contributed by atoms with Gasteiger partial charge in [0, 0.05) is 10.9 Å². The van der Waals surface area contributed by atoms with Crippen LogP contribution in [-0.4, -0.2) is 9.97 Å². The molecular weight excluding hydrogens is 299 g/mol. The molecule has 2 heterocycles. The van der Waals surface area contributed by atoms with Crippen LogP contribution in [0, 0.1) is 5.82 Å². The van der Waals surface area contributed by atoms with Gasteiger partial charge in [0.05, 0.1) is 10.8 Å². The second-order valence-electron chi connectivity index (χ2n) is 4.41. The van der Waals surface area contributed by atoms with E-state index in [0.29, 0.717) is 27.2 Å². The van der Waals surface area contributed by atoms with Crippen molar-refractivity contribution in [1.82, 2.24) is 9.97 Å². The summed E-state index contributed by atoms with van der Waals surface area (Å²) in [6, 6.07) is 6.15. The lowest BCUT2D eigenvalue weighted by atomic mass is 10.1. The molecule has 0 radical (unpaired) electrons. The van der Waals surface area contributed by atoms with E-state index in [1.165, 1.54) is 23.5 Å². The van der Waals surface area contributed by atoms with Crippen molar-refractivity contribution in [2.75, 3.05) is 0 Å². The Morgan fingerprint density at radius 3 is 2.95 bits per heavy atom. The first-order chi connectivity index (χ1) is 9.56. The number of rotatable bonds is 2. The van der Waals surface area contributed by atoms with Gasteiger partial charge in [0.1, 0.15) is 16.5 Å². The number of benzene rings is 1. The van der Waals surface area contributed by atoms with Gasteiger partial charge >= 0.3 is 0 Å². The Labute approximate surface area is 123 Å². The van der Waals surface area contributed by atoms with E-state index in [1.807, 2.05) is 5.38 Å². The van der Waals surface area contributed by atoms with Gasteiger partial charge in [-0.25, -0.2) is 9.37 Å². The van der Waals surface area contributed by atoms with Crippen molar-refractivity contribution >= 4 is 33.2 Å². The Morgan fingerprint density at radius 1 is 1.45 bits per heavy atom. The molecule has 0 saturated heterocycles. The zero-order chi connectivity index (χ0) is 14.3. The van der Waals surface area contributed by atoms with Gasteiger partial charge in [-0.05, 0) is 24.6 Å². The molecule has 0 amide bonds. The number of aromatic nitrogens is 2. The number of aromatic amines is 1. The van der Waals surface area contributed by atoms with Gasteiger partial charge in [-0.3, -0.25) is 4.79 Å². The molecule has 0 aliphatic heterocycles. The minimum absolute atomic E-state index is 0.252. The lowest BCUT2D eigenvalue weighted by Gasteiger charge is -2.03. The molecule has 102 valence electrons. The van der Waals surface area contributed by atoms with Gasteiger partial charge < -0.3 is 4.98 Å². The number of nitrogens with one attached hydrogen (secondary N) is 1. The fraction of sp³-hybridized carbons (Fsp3) is 0.143. The van der Waals surface area contributed by atoms with Gasteiger partial charge in [0.25, 0.3) is 5.56 Å². The standard InChI is InChI=1S/C14H10ClFN2OS/c1-7(15)12-17-13(19)11-10(6-20-14(11)18-12)8-3-2-4-9(16)5-8/h2-7H,1H3,(H,17,18,19). The maximum atomic E-state index is 13.3. The molecule has 0 bridgehead atoms. The van der Waals surface area contributed by atoms with Crippen LogP contribution in [0.2, 0.25) is 0 Å². The monoisotopic (exact) mass is 308 g/mol. The lowest BCUT2D eigenvalue weighted by molar-refractivity contribution is 0.628. The first-order valence-electron chi connectivity index (χ1n) is 5.97. The van der Waals surface area contributed by atoms with Gasteiger partial charge in [0.2, 0.25) is 0 Å². The molecule has 3 rings (SSSR count). The summed E-state index contributed by atoms with van der Waals surface area (Å²) < 4.78 is 13.3. The van der Waals surface area contributed by atoms with Crippen molar-refractivity contribution in [2.24, 2.45) is 0 Å². The Hall–Kier alpha value is -1.72. The van der Waals surface area contributed by atoms with E-state index in [2.05, 4.69) is 9.97 Å². The number of hydrogen-bond acceptors (Lipinski definition) is 3. The highest BCUT2D eigenvalue weighted by atomic mass is 35.5. The number of halogens is 2. The summed E-state index contributed by atoms with van der Waals surface area (Å²) in [4.78, 5) is 19.8. The average molecular weight is 309 g/mol. The summed E-state index contributed by atoms with van der Waals surface area (Å²) in [5, 5.41) is 1.91. The summed E-state index contributed by atoms with van der Waals surface area (Å²) >= 11 is 7.29. The Balaban J connectivity index is 2.27. The highest BCUT2D eigenvalue weighted by molar-refractivity contribution is 7.17. The van der Waals surface area contributed by atoms with E-state index in [9.17, 15) is 9.18 Å². The molecule has 1 unspecified atom stereocenters. The van der Waals surface area contributed by atoms with Crippen LogP contribution in [0.5, 0.6) is 0 Å². The predicted octanol–water partition coefficient (Wildman–Crippen LogP) is 4.09. The van der Waals surface area contributed by atoms with Crippen molar-refractivity contribution < 1.29 is 4.39 Å². The number of alkyl halides is 1. The summed E-state index contributed by atoms with van der Waals surface area (Å²) in [7, 11) is 0. The molecule has 1 atom stereocenters. The van der Waals surface area contributed by atoms with E-state index in [1.54, 1.807) is 19.1 Å². The van der Waals surface area contributed by atoms with Crippen LogP contribution in [0.3, 0.4) is 0 Å². The number of fused-ring (bicyclic) bond motifs is 1. The molecule has 2 aromatic heterocycles. The van der Waals surface area contributed by atoms with E-state index in [-0.39, 0.29) is 16.8 Å². The lowest BCUT2D eigenvalue weighted by Crippen LogP contribution is -2.11. The summed E-state index contributed by atoms with van der Waals surface area (Å²) in [6.07, 6.45) is 0. The fourth-order valence-corrected chi connectivity index (χ4v) is 3.08. The minimum Gasteiger partial charge on any atom is -0.309 e. The fourth-order valence-electron chi connectivity index (χ4n) is 2.02. The van der Waals surface area contributed by atoms with E-state index in [0.717, 1.165) is 0 Å². The van der Waals surface area contributed by atoms with Crippen molar-refractivity contribution in [2.45, 2.75) is 12.3 Å². The smallest absolute Gasteiger partial charge is 0.260 e. The largest absolute Gasteiger partial charge is 0.309 e. The van der Waals surface area contributed by atoms with Crippen molar-refractivity contribution in [1.29, 1.82) is 0 Å². The molecule has 3 aromatic rings. The molecular formula is C14H10ClFN2OS. The molecule has 0 aliphatic carbocycles. The van der Waals surface area contributed by atoms with Crippen molar-refractivity contribution in [3.8, 4) is 11.1 Å². The highest BCUT2D eigenvalue weighted by Gasteiger charge is 2.14. The van der Waals surface area contributed by atoms with Crippen molar-refractivity contribution in [3.63, 3.8) is 0 Å². The quantitative estimate of drug-likeness (QED) is 0.725. The Morgan fingerprint density at radius 2 is 2.25 bits per heavy atom. The zero-order valence-corrected chi connectivity index (χ0v) is 12.1. The number of H-pyrrole nitrogens is 1. The van der Waals surface area contributed by atoms with Gasteiger partial charge in [0.15, 0.2) is 0 Å². The third-order valence-electron chi connectivity index (χ3n) is 2.97. The SMILES string of the molecule is CC(Cl)c1nc2scc(-c3cccc(F)c3)c2c(=O)[nH]1. The van der Waals surface area contributed by atoms with Crippen LogP contribution in [0.4, 0.5) is 4.39 Å². The maximum Gasteiger partial charge on any atom is 0.260 e. The molecule has 0 aliphatic rings. The molecule has 3 nitrogen and oxygen atoms in total. The summed E-state index contributed by atoms with van der Waals surface area (Å²) in [5.41, 5.74) is 1.10. The summed E-state index contributed by atoms with van der Waals surface area (Å²) in [6.45, 7) is 1.74. The van der Waals surface area contributed by atoms with Crippen LogP contribution < -0.4 is 5.56 Å². The normalized spacial score (nSPS) is 12.8. The average Bonchev–Trinajstić information content (AvgIpc) is 2.83. The van der Waals surface area contributed by atoms with Gasteiger partial charge in [-0.2, -0.15) is 0 Å². The predicted molar refractivity (Wildman–Crippen MR) is 79.9 cm³/mol. The van der Waals surface area contributed by atoms with Crippen LogP contribution in [-0.2, 0) is 0 Å². The molecule has 0 spiro atoms. The van der Waals surface area contributed by atoms with E-state index >= 15 is 0 Å². The maximum absolute atomic E-state index is 13.3. The van der Waals surface area contributed by atoms with Crippen molar-refractivity contribution in [3.05, 3.63) is 51.6 Å². The number of thiophene rings is 1. The minimum atomic E-state index is -0.369.